The number of nitrogens with one attached hydrogen (secondary N) is 1. The van der Waals surface area contributed by atoms with Crippen LogP contribution in [0.15, 0.2) is 55.0 Å². The Kier molecular flexibility index (Phi) is 4.46. The maximum Gasteiger partial charge on any atom is 0.176 e. The summed E-state index contributed by atoms with van der Waals surface area (Å²) in [4.78, 5) is 4.28. The Bertz CT molecular complexity index is 1200. The standard InChI is InChI=1S/C22H21FN6O/c1-14-12-28(13-24-14)19-8-7-17(11-21(19)30-2)25-22-20-10-9-18(29(20)27-26-22)15-3-5-16(23)6-4-15/h3-8,11-13,18,25H,9-10H2,1-2H3. The minimum absolute atomic E-state index is 0.0741. The second-order valence-electron chi connectivity index (χ2n) is 7.37. The summed E-state index contributed by atoms with van der Waals surface area (Å²) < 4.78 is 22.7. The molecule has 0 saturated carbocycles. The molecule has 0 bridgehead atoms. The van der Waals surface area contributed by atoms with Crippen molar-refractivity contribution in [3.8, 4) is 11.4 Å². The molecule has 5 rings (SSSR count). The molecule has 1 unspecified atom stereocenters. The SMILES string of the molecule is COc1cc(Nc2nnn3c2CCC3c2ccc(F)cc2)ccc1-n1cnc(C)c1. The van der Waals surface area contributed by atoms with E-state index in [9.17, 15) is 4.39 Å². The molecular formula is C22H21FN6O. The maximum absolute atomic E-state index is 13.3. The molecule has 0 radical (unpaired) electrons. The largest absolute Gasteiger partial charge is 0.494 e. The number of aryl methyl sites for hydroxylation is 1. The molecule has 3 heterocycles. The van der Waals surface area contributed by atoms with Gasteiger partial charge in [0.2, 0.25) is 0 Å². The lowest BCUT2D eigenvalue weighted by Crippen LogP contribution is -2.07. The van der Waals surface area contributed by atoms with Gasteiger partial charge in [-0.15, -0.1) is 5.10 Å². The van der Waals surface area contributed by atoms with Gasteiger partial charge in [0.05, 0.1) is 36.6 Å². The fourth-order valence-corrected chi connectivity index (χ4v) is 3.94. The number of hydrogen-bond donors (Lipinski definition) is 1. The number of methoxy groups -OCH3 is 1. The van der Waals surface area contributed by atoms with E-state index in [-0.39, 0.29) is 11.9 Å². The highest BCUT2D eigenvalue weighted by molar-refractivity contribution is 5.64. The number of hydrogen-bond acceptors (Lipinski definition) is 5. The number of fused-ring (bicyclic) bond motifs is 1. The molecule has 0 saturated heterocycles. The van der Waals surface area contributed by atoms with Crippen molar-refractivity contribution in [1.29, 1.82) is 0 Å². The normalized spacial score (nSPS) is 15.2. The van der Waals surface area contributed by atoms with Gasteiger partial charge in [0.25, 0.3) is 0 Å². The monoisotopic (exact) mass is 404 g/mol. The lowest BCUT2D eigenvalue weighted by molar-refractivity contribution is 0.413. The van der Waals surface area contributed by atoms with E-state index in [1.807, 2.05) is 52.7 Å². The van der Waals surface area contributed by atoms with Gasteiger partial charge in [-0.2, -0.15) is 0 Å². The van der Waals surface area contributed by atoms with E-state index in [2.05, 4.69) is 20.6 Å². The zero-order valence-corrected chi connectivity index (χ0v) is 16.7. The Morgan fingerprint density at radius 2 is 2.00 bits per heavy atom. The van der Waals surface area contributed by atoms with Gasteiger partial charge in [-0.1, -0.05) is 17.3 Å². The molecule has 0 spiro atoms. The van der Waals surface area contributed by atoms with Crippen LogP contribution in [0.2, 0.25) is 0 Å². The quantitative estimate of drug-likeness (QED) is 0.540. The van der Waals surface area contributed by atoms with Crippen LogP contribution in [0, 0.1) is 12.7 Å². The van der Waals surface area contributed by atoms with Gasteiger partial charge >= 0.3 is 0 Å². The third kappa shape index (κ3) is 3.20. The highest BCUT2D eigenvalue weighted by atomic mass is 19.1. The van der Waals surface area contributed by atoms with Crippen LogP contribution in [0.5, 0.6) is 5.75 Å². The van der Waals surface area contributed by atoms with Crippen LogP contribution in [-0.2, 0) is 6.42 Å². The zero-order valence-electron chi connectivity index (χ0n) is 16.7. The van der Waals surface area contributed by atoms with E-state index in [0.29, 0.717) is 0 Å². The summed E-state index contributed by atoms with van der Waals surface area (Å²) in [6, 6.07) is 12.6. The van der Waals surface area contributed by atoms with Crippen molar-refractivity contribution in [2.45, 2.75) is 25.8 Å². The molecule has 2 aromatic carbocycles. The first-order valence-corrected chi connectivity index (χ1v) is 9.78. The van der Waals surface area contributed by atoms with E-state index in [0.717, 1.165) is 52.7 Å². The third-order valence-corrected chi connectivity index (χ3v) is 5.43. The predicted molar refractivity (Wildman–Crippen MR) is 111 cm³/mol. The minimum atomic E-state index is -0.235. The van der Waals surface area contributed by atoms with E-state index >= 15 is 0 Å². The Labute approximate surface area is 173 Å². The van der Waals surface area contributed by atoms with Gasteiger partial charge in [-0.3, -0.25) is 0 Å². The first kappa shape index (κ1) is 18.4. The zero-order chi connectivity index (χ0) is 20.7. The van der Waals surface area contributed by atoms with Crippen molar-refractivity contribution < 1.29 is 9.13 Å². The first-order chi connectivity index (χ1) is 14.6. The van der Waals surface area contributed by atoms with Crippen molar-refractivity contribution in [2.75, 3.05) is 12.4 Å². The van der Waals surface area contributed by atoms with E-state index in [1.165, 1.54) is 12.1 Å². The van der Waals surface area contributed by atoms with Crippen LogP contribution in [0.4, 0.5) is 15.9 Å². The highest BCUT2D eigenvalue weighted by Crippen LogP contribution is 2.35. The molecule has 0 amide bonds. The van der Waals surface area contributed by atoms with Crippen molar-refractivity contribution in [1.82, 2.24) is 24.5 Å². The maximum atomic E-state index is 13.3. The number of benzene rings is 2. The predicted octanol–water partition coefficient (Wildman–Crippen LogP) is 4.20. The average molecular weight is 404 g/mol. The molecule has 7 nitrogen and oxygen atoms in total. The number of anilines is 2. The number of aromatic nitrogens is 5. The van der Waals surface area contributed by atoms with Gasteiger partial charge in [0.15, 0.2) is 5.82 Å². The Hall–Kier alpha value is -3.68. The van der Waals surface area contributed by atoms with Crippen LogP contribution < -0.4 is 10.1 Å². The molecule has 0 fully saturated rings. The number of ether oxygens (including phenoxy) is 1. The first-order valence-electron chi connectivity index (χ1n) is 9.78. The van der Waals surface area contributed by atoms with Gasteiger partial charge < -0.3 is 14.6 Å². The molecule has 4 aromatic rings. The number of nitrogens with zero attached hydrogens (tertiary/aromatic N) is 5. The number of rotatable bonds is 5. The summed E-state index contributed by atoms with van der Waals surface area (Å²) in [6.45, 7) is 1.95. The van der Waals surface area contributed by atoms with Crippen molar-refractivity contribution in [2.24, 2.45) is 0 Å². The van der Waals surface area contributed by atoms with Crippen molar-refractivity contribution >= 4 is 11.5 Å². The fraction of sp³-hybridized carbons (Fsp3) is 0.227. The minimum Gasteiger partial charge on any atom is -0.494 e. The van der Waals surface area contributed by atoms with Crippen molar-refractivity contribution in [3.63, 3.8) is 0 Å². The highest BCUT2D eigenvalue weighted by Gasteiger charge is 2.28. The molecule has 0 aliphatic carbocycles. The van der Waals surface area contributed by atoms with Gasteiger partial charge in [0, 0.05) is 18.0 Å². The van der Waals surface area contributed by atoms with Gasteiger partial charge in [-0.25, -0.2) is 14.1 Å². The summed E-state index contributed by atoms with van der Waals surface area (Å²) in [6.07, 6.45) is 5.48. The summed E-state index contributed by atoms with van der Waals surface area (Å²) in [5.74, 6) is 1.22. The molecule has 2 aromatic heterocycles. The summed E-state index contributed by atoms with van der Waals surface area (Å²) >= 11 is 0. The summed E-state index contributed by atoms with van der Waals surface area (Å²) in [5, 5.41) is 12.1. The van der Waals surface area contributed by atoms with Crippen molar-refractivity contribution in [3.05, 3.63) is 77.8 Å². The second kappa shape index (κ2) is 7.29. The summed E-state index contributed by atoms with van der Waals surface area (Å²) in [5.41, 5.74) is 4.79. The third-order valence-electron chi connectivity index (χ3n) is 5.43. The van der Waals surface area contributed by atoms with Gasteiger partial charge in [0.1, 0.15) is 11.6 Å². The van der Waals surface area contributed by atoms with E-state index < -0.39 is 0 Å². The lowest BCUT2D eigenvalue weighted by Gasteiger charge is -2.12. The van der Waals surface area contributed by atoms with Crippen LogP contribution in [-0.4, -0.2) is 31.7 Å². The van der Waals surface area contributed by atoms with E-state index in [4.69, 9.17) is 4.74 Å². The molecule has 1 aliphatic heterocycles. The van der Waals surface area contributed by atoms with Gasteiger partial charge in [-0.05, 0) is 49.6 Å². The Morgan fingerprint density at radius 3 is 2.73 bits per heavy atom. The Balaban J connectivity index is 1.41. The summed E-state index contributed by atoms with van der Waals surface area (Å²) in [7, 11) is 1.65. The molecule has 152 valence electrons. The Morgan fingerprint density at radius 1 is 1.17 bits per heavy atom. The molecule has 1 N–H and O–H groups in total. The molecule has 1 aliphatic rings. The topological polar surface area (TPSA) is 69.8 Å². The average Bonchev–Trinajstić information content (AvgIpc) is 3.46. The number of imidazole rings is 1. The van der Waals surface area contributed by atoms with Crippen LogP contribution in [0.3, 0.4) is 0 Å². The van der Waals surface area contributed by atoms with Crippen LogP contribution in [0.1, 0.15) is 29.4 Å². The number of halogens is 1. The second-order valence-corrected chi connectivity index (χ2v) is 7.37. The fourth-order valence-electron chi connectivity index (χ4n) is 3.94. The molecule has 8 heteroatoms. The van der Waals surface area contributed by atoms with E-state index in [1.54, 1.807) is 13.4 Å². The van der Waals surface area contributed by atoms with Crippen LogP contribution in [0.25, 0.3) is 5.69 Å². The smallest absolute Gasteiger partial charge is 0.176 e. The van der Waals surface area contributed by atoms with Crippen LogP contribution >= 0.6 is 0 Å². The molecule has 1 atom stereocenters. The molecule has 30 heavy (non-hydrogen) atoms. The lowest BCUT2D eigenvalue weighted by atomic mass is 10.1. The molecular weight excluding hydrogens is 383 g/mol.